The van der Waals surface area contributed by atoms with Gasteiger partial charge in [-0.3, -0.25) is 24.6 Å². The summed E-state index contributed by atoms with van der Waals surface area (Å²) in [5.41, 5.74) is 2.64. The van der Waals surface area contributed by atoms with Crippen molar-refractivity contribution in [1.82, 2.24) is 44.8 Å². The Labute approximate surface area is 359 Å². The Kier molecular flexibility index (Phi) is 11.8. The molecular formula is C43H47F3N12O5. The minimum Gasteiger partial charge on any atom is -0.369 e. The molecule has 1 saturated carbocycles. The summed E-state index contributed by atoms with van der Waals surface area (Å²) in [4.78, 5) is 69.1. The summed E-state index contributed by atoms with van der Waals surface area (Å²) in [6.07, 6.45) is 7.94. The van der Waals surface area contributed by atoms with E-state index < -0.39 is 35.4 Å². The van der Waals surface area contributed by atoms with Crippen molar-refractivity contribution >= 4 is 46.5 Å². The first-order valence-electron chi connectivity index (χ1n) is 21.5. The van der Waals surface area contributed by atoms with Gasteiger partial charge in [-0.25, -0.2) is 19.3 Å². The number of piperazine rings is 1. The molecule has 17 nitrogen and oxygen atoms in total. The van der Waals surface area contributed by atoms with Gasteiger partial charge in [-0.15, -0.1) is 0 Å². The van der Waals surface area contributed by atoms with E-state index in [9.17, 15) is 32.3 Å². The number of nitrogens with zero attached hydrogens (tertiary/aromatic N) is 9. The number of halogens is 3. The van der Waals surface area contributed by atoms with Gasteiger partial charge in [-0.2, -0.15) is 23.3 Å². The predicted octanol–water partition coefficient (Wildman–Crippen LogP) is 6.18. The lowest BCUT2D eigenvalue weighted by Gasteiger charge is -2.36. The minimum atomic E-state index is -4.82. The maximum Gasteiger partial charge on any atom is 0.418 e. The number of hydrogen-bond donors (Lipinski definition) is 3. The highest BCUT2D eigenvalue weighted by Gasteiger charge is 2.40. The second kappa shape index (κ2) is 17.7. The first-order valence-corrected chi connectivity index (χ1v) is 21.5. The highest BCUT2D eigenvalue weighted by atomic mass is 19.4. The molecule has 3 fully saturated rings. The van der Waals surface area contributed by atoms with Crippen molar-refractivity contribution in [3.8, 4) is 11.5 Å². The van der Waals surface area contributed by atoms with E-state index >= 15 is 0 Å². The fourth-order valence-electron chi connectivity index (χ4n) is 9.20. The number of imide groups is 1. The van der Waals surface area contributed by atoms with Crippen LogP contribution in [0.3, 0.4) is 0 Å². The van der Waals surface area contributed by atoms with E-state index in [0.717, 1.165) is 113 Å². The van der Waals surface area contributed by atoms with E-state index in [0.29, 0.717) is 36.3 Å². The third-order valence-electron chi connectivity index (χ3n) is 12.4. The van der Waals surface area contributed by atoms with E-state index in [4.69, 9.17) is 4.52 Å². The molecule has 20 heteroatoms. The number of rotatable bonds is 13. The molecule has 0 spiro atoms. The molecule has 0 bridgehead atoms. The van der Waals surface area contributed by atoms with Crippen molar-refractivity contribution in [2.24, 2.45) is 0 Å². The van der Waals surface area contributed by atoms with Crippen LogP contribution in [0.15, 0.2) is 53.4 Å². The second-order valence-corrected chi connectivity index (χ2v) is 16.6. The number of piperidine rings is 1. The van der Waals surface area contributed by atoms with Gasteiger partial charge >= 0.3 is 12.2 Å². The number of carbonyl (C=O) groups is 4. The van der Waals surface area contributed by atoms with Gasteiger partial charge in [0.05, 0.1) is 41.2 Å². The zero-order chi connectivity index (χ0) is 43.7. The van der Waals surface area contributed by atoms with Gasteiger partial charge in [0.2, 0.25) is 23.5 Å². The second-order valence-electron chi connectivity index (χ2n) is 16.6. The third kappa shape index (κ3) is 9.07. The van der Waals surface area contributed by atoms with Crippen molar-refractivity contribution in [2.45, 2.75) is 95.3 Å². The molecule has 1 unspecified atom stereocenters. The summed E-state index contributed by atoms with van der Waals surface area (Å²) < 4.78 is 50.0. The number of fused-ring (bicyclic) bond motifs is 2. The van der Waals surface area contributed by atoms with Crippen LogP contribution in [-0.2, 0) is 28.7 Å². The molecule has 1 aromatic carbocycles. The van der Waals surface area contributed by atoms with Gasteiger partial charge in [-0.1, -0.05) is 30.8 Å². The van der Waals surface area contributed by atoms with Crippen LogP contribution in [0.4, 0.5) is 35.0 Å². The lowest BCUT2D eigenvalue weighted by molar-refractivity contribution is -0.138. The number of aromatic nitrogens is 6. The highest BCUT2D eigenvalue weighted by Crippen LogP contribution is 2.39. The Morgan fingerprint density at radius 3 is 2.52 bits per heavy atom. The topological polar surface area (TPSA) is 196 Å². The average Bonchev–Trinajstić information content (AvgIpc) is 4.11. The molecular weight excluding hydrogens is 822 g/mol. The number of amides is 5. The molecule has 3 aliphatic heterocycles. The van der Waals surface area contributed by atoms with E-state index in [1.807, 2.05) is 18.2 Å². The molecule has 5 aromatic rings. The summed E-state index contributed by atoms with van der Waals surface area (Å²) in [5, 5.41) is 15.8. The van der Waals surface area contributed by atoms with Crippen molar-refractivity contribution < 1.29 is 36.9 Å². The van der Waals surface area contributed by atoms with Crippen LogP contribution in [0.5, 0.6) is 0 Å². The van der Waals surface area contributed by atoms with Gasteiger partial charge < -0.3 is 25.0 Å². The average molecular weight is 869 g/mol. The van der Waals surface area contributed by atoms with Crippen LogP contribution in [0, 0.1) is 0 Å². The minimum absolute atomic E-state index is 0.161. The highest BCUT2D eigenvalue weighted by molar-refractivity contribution is 6.05. The number of pyridine rings is 1. The lowest BCUT2D eigenvalue weighted by Crippen LogP contribution is -2.52. The molecule has 5 amide bonds. The van der Waals surface area contributed by atoms with Crippen LogP contribution in [0.2, 0.25) is 0 Å². The van der Waals surface area contributed by atoms with Crippen molar-refractivity contribution in [3.63, 3.8) is 0 Å². The van der Waals surface area contributed by atoms with Crippen molar-refractivity contribution in [3.05, 3.63) is 77.2 Å². The Bertz CT molecular complexity index is 2530. The maximum atomic E-state index is 14.3. The van der Waals surface area contributed by atoms with Crippen LogP contribution in [0.1, 0.15) is 103 Å². The van der Waals surface area contributed by atoms with E-state index in [-0.39, 0.29) is 41.6 Å². The van der Waals surface area contributed by atoms with Gasteiger partial charge in [0.1, 0.15) is 11.7 Å². The predicted molar refractivity (Wildman–Crippen MR) is 223 cm³/mol. The molecule has 9 rings (SSSR count). The van der Waals surface area contributed by atoms with Gasteiger partial charge in [-0.05, 0) is 68.5 Å². The molecule has 1 atom stereocenters. The zero-order valence-electron chi connectivity index (χ0n) is 34.5. The standard InChI is InChI=1S/C43H47F3N12O5/c44-43(45,46)31-22-28(50-42(62)51-32-24-47-34-14-15-49-58(34)38(32)26-7-4-5-8-26)23-48-37(31)39-53-36(63-54-39)9-3-1-2-6-16-55-17-19-56(20-18-55)29-10-11-30-27(21-29)25-57(41(30)61)33-12-13-35(59)52-40(33)60/h10-11,14-15,21-24,26,33H,1-9,12-13,16-20,25H2,(H2,50,51,62)(H,52,59,60). The smallest absolute Gasteiger partial charge is 0.369 e. The SMILES string of the molecule is O=C1CCC(N2Cc3cc(N4CCN(CCCCCCc5nc(-c6ncc(NC(=O)Nc7cnc8ccnn8c7C7CCCC7)cc6C(F)(F)F)no5)CC4)ccc3C2=O)C(=O)N1. The summed E-state index contributed by atoms with van der Waals surface area (Å²) in [7, 11) is 0. The first kappa shape index (κ1) is 41.9. The van der Waals surface area contributed by atoms with Crippen molar-refractivity contribution in [1.29, 1.82) is 0 Å². The monoisotopic (exact) mass is 868 g/mol. The molecule has 330 valence electrons. The largest absolute Gasteiger partial charge is 0.418 e. The Hall–Kier alpha value is -6.44. The fraction of sp³-hybridized carbons (Fsp3) is 0.465. The molecule has 3 N–H and O–H groups in total. The van der Waals surface area contributed by atoms with E-state index in [2.05, 4.69) is 51.0 Å². The third-order valence-corrected chi connectivity index (χ3v) is 12.4. The molecule has 7 heterocycles. The fourth-order valence-corrected chi connectivity index (χ4v) is 9.20. The molecule has 4 aromatic heterocycles. The number of unbranched alkanes of at least 4 members (excludes halogenated alkanes) is 3. The number of carbonyl (C=O) groups excluding carboxylic acids is 4. The Balaban J connectivity index is 0.721. The Morgan fingerprint density at radius 1 is 0.921 bits per heavy atom. The van der Waals surface area contributed by atoms with E-state index in [1.165, 1.54) is 6.20 Å². The van der Waals surface area contributed by atoms with Gasteiger partial charge in [0.15, 0.2) is 5.65 Å². The number of anilines is 3. The summed E-state index contributed by atoms with van der Waals surface area (Å²) in [6, 6.07) is 7.03. The number of benzene rings is 1. The quantitative estimate of drug-likeness (QED) is 0.0900. The molecule has 63 heavy (non-hydrogen) atoms. The normalized spacial score (nSPS) is 18.7. The van der Waals surface area contributed by atoms with Crippen LogP contribution in [0.25, 0.3) is 17.2 Å². The number of urea groups is 1. The molecule has 0 radical (unpaired) electrons. The summed E-state index contributed by atoms with van der Waals surface area (Å²) in [5.74, 6) is -0.807. The van der Waals surface area contributed by atoms with Crippen LogP contribution < -0.4 is 20.9 Å². The zero-order valence-corrected chi connectivity index (χ0v) is 34.5. The summed E-state index contributed by atoms with van der Waals surface area (Å²) >= 11 is 0. The van der Waals surface area contributed by atoms with Crippen LogP contribution in [-0.4, -0.2) is 102 Å². The first-order chi connectivity index (χ1) is 30.5. The summed E-state index contributed by atoms with van der Waals surface area (Å²) in [6.45, 7) is 4.75. The van der Waals surface area contributed by atoms with Gasteiger partial charge in [0.25, 0.3) is 5.91 Å². The molecule has 1 aliphatic carbocycles. The number of hydrogen-bond acceptors (Lipinski definition) is 12. The van der Waals surface area contributed by atoms with Crippen LogP contribution >= 0.6 is 0 Å². The number of alkyl halides is 3. The Morgan fingerprint density at radius 2 is 1.73 bits per heavy atom. The lowest BCUT2D eigenvalue weighted by atomic mass is 10.0. The maximum absolute atomic E-state index is 14.3. The number of aryl methyl sites for hydroxylation is 1. The molecule has 2 saturated heterocycles. The number of nitrogens with one attached hydrogen (secondary N) is 3. The van der Waals surface area contributed by atoms with Gasteiger partial charge in [0, 0.05) is 68.8 Å². The van der Waals surface area contributed by atoms with E-state index in [1.54, 1.807) is 21.7 Å². The van der Waals surface area contributed by atoms with Crippen molar-refractivity contribution in [2.75, 3.05) is 48.3 Å². The molecule has 4 aliphatic rings.